The van der Waals surface area contributed by atoms with Gasteiger partial charge in [0, 0.05) is 0 Å². The van der Waals surface area contributed by atoms with E-state index in [9.17, 15) is 0 Å². The summed E-state index contributed by atoms with van der Waals surface area (Å²) in [5, 5.41) is 0. The zero-order valence-electron chi connectivity index (χ0n) is 11.9. The van der Waals surface area contributed by atoms with Gasteiger partial charge in [-0.25, -0.2) is 0 Å². The summed E-state index contributed by atoms with van der Waals surface area (Å²) in [4.78, 5) is 0. The third kappa shape index (κ3) is 6.06. The van der Waals surface area contributed by atoms with Gasteiger partial charge in [-0.1, -0.05) is 51.3 Å². The molecule has 1 aromatic rings. The lowest BCUT2D eigenvalue weighted by molar-refractivity contribution is -0.0801. The lowest BCUT2D eigenvalue weighted by Crippen LogP contribution is -2.20. The molecule has 2 nitrogen and oxygen atoms in total. The Morgan fingerprint density at radius 3 is 2.44 bits per heavy atom. The van der Waals surface area contributed by atoms with Crippen LogP contribution < -0.4 is 4.74 Å². The molecule has 1 aromatic carbocycles. The maximum Gasteiger partial charge on any atom is 0.196 e. The maximum absolute atomic E-state index is 5.77. The number of para-hydroxylation sites is 1. The summed E-state index contributed by atoms with van der Waals surface area (Å²) in [6, 6.07) is 9.83. The number of unbranched alkanes of at least 4 members (excludes halogenated alkanes) is 1. The van der Waals surface area contributed by atoms with E-state index in [1.54, 1.807) is 0 Å². The van der Waals surface area contributed by atoms with Crippen molar-refractivity contribution in [2.75, 3.05) is 6.61 Å². The molecule has 0 radical (unpaired) electrons. The lowest BCUT2D eigenvalue weighted by Gasteiger charge is -2.19. The molecule has 18 heavy (non-hydrogen) atoms. The molecule has 2 heteroatoms. The quantitative estimate of drug-likeness (QED) is 0.594. The molecule has 0 bridgehead atoms. The zero-order valence-corrected chi connectivity index (χ0v) is 11.9. The third-order valence-corrected chi connectivity index (χ3v) is 3.16. The van der Waals surface area contributed by atoms with E-state index in [0.717, 1.165) is 12.4 Å². The van der Waals surface area contributed by atoms with Crippen LogP contribution >= 0.6 is 0 Å². The Morgan fingerprint density at radius 1 is 1.11 bits per heavy atom. The van der Waals surface area contributed by atoms with Gasteiger partial charge in [0.1, 0.15) is 5.75 Å². The molecule has 2 atom stereocenters. The van der Waals surface area contributed by atoms with Gasteiger partial charge >= 0.3 is 0 Å². The van der Waals surface area contributed by atoms with E-state index in [0.29, 0.717) is 5.92 Å². The highest BCUT2D eigenvalue weighted by molar-refractivity contribution is 5.20. The molecule has 0 saturated heterocycles. The SMILES string of the molecule is CCCCC(CC)COC(C)Oc1ccccc1. The summed E-state index contributed by atoms with van der Waals surface area (Å²) < 4.78 is 11.5. The Hall–Kier alpha value is -1.02. The average Bonchev–Trinajstić information content (AvgIpc) is 2.40. The molecule has 0 amide bonds. The van der Waals surface area contributed by atoms with Crippen molar-refractivity contribution in [3.05, 3.63) is 30.3 Å². The molecular formula is C16H26O2. The Morgan fingerprint density at radius 2 is 1.83 bits per heavy atom. The Bertz CT molecular complexity index is 297. The molecule has 0 aromatic heterocycles. The van der Waals surface area contributed by atoms with Crippen molar-refractivity contribution in [2.24, 2.45) is 5.92 Å². The minimum Gasteiger partial charge on any atom is -0.465 e. The second kappa shape index (κ2) is 8.98. The van der Waals surface area contributed by atoms with Crippen LogP contribution in [0, 0.1) is 5.92 Å². The molecule has 0 saturated carbocycles. The first-order valence-electron chi connectivity index (χ1n) is 7.09. The van der Waals surface area contributed by atoms with Gasteiger partial charge in [0.15, 0.2) is 6.29 Å². The number of ether oxygens (including phenoxy) is 2. The summed E-state index contributed by atoms with van der Waals surface area (Å²) >= 11 is 0. The number of benzene rings is 1. The van der Waals surface area contributed by atoms with Gasteiger partial charge in [0.05, 0.1) is 6.61 Å². The molecule has 0 aliphatic rings. The Kier molecular flexibility index (Phi) is 7.51. The summed E-state index contributed by atoms with van der Waals surface area (Å²) in [6.07, 6.45) is 4.80. The van der Waals surface area contributed by atoms with Crippen LogP contribution in [-0.4, -0.2) is 12.9 Å². The Labute approximate surface area is 111 Å². The van der Waals surface area contributed by atoms with Crippen LogP contribution in [0.2, 0.25) is 0 Å². The predicted octanol–water partition coefficient (Wildman–Crippen LogP) is 4.64. The van der Waals surface area contributed by atoms with Gasteiger partial charge < -0.3 is 9.47 Å². The van der Waals surface area contributed by atoms with Crippen molar-refractivity contribution >= 4 is 0 Å². The summed E-state index contributed by atoms with van der Waals surface area (Å²) in [5.74, 6) is 1.53. The second-order valence-corrected chi connectivity index (χ2v) is 4.75. The number of hydrogen-bond donors (Lipinski definition) is 0. The summed E-state index contributed by atoms with van der Waals surface area (Å²) in [6.45, 7) is 7.21. The minimum absolute atomic E-state index is 0.178. The van der Waals surface area contributed by atoms with Crippen LogP contribution in [0.3, 0.4) is 0 Å². The van der Waals surface area contributed by atoms with Crippen molar-refractivity contribution in [2.45, 2.75) is 52.7 Å². The molecule has 0 N–H and O–H groups in total. The standard InChI is InChI=1S/C16H26O2/c1-4-6-10-15(5-2)13-17-14(3)18-16-11-8-7-9-12-16/h7-9,11-12,14-15H,4-6,10,13H2,1-3H3. The van der Waals surface area contributed by atoms with E-state index in [2.05, 4.69) is 13.8 Å². The average molecular weight is 250 g/mol. The minimum atomic E-state index is -0.178. The van der Waals surface area contributed by atoms with Crippen molar-refractivity contribution < 1.29 is 9.47 Å². The molecule has 0 spiro atoms. The van der Waals surface area contributed by atoms with Crippen LogP contribution in [0.25, 0.3) is 0 Å². The van der Waals surface area contributed by atoms with Crippen molar-refractivity contribution in [3.8, 4) is 5.75 Å². The highest BCUT2D eigenvalue weighted by Gasteiger charge is 2.10. The van der Waals surface area contributed by atoms with E-state index in [1.807, 2.05) is 37.3 Å². The monoisotopic (exact) mass is 250 g/mol. The first-order chi connectivity index (χ1) is 8.76. The predicted molar refractivity (Wildman–Crippen MR) is 75.8 cm³/mol. The molecule has 0 fully saturated rings. The number of hydrogen-bond acceptors (Lipinski definition) is 2. The summed E-state index contributed by atoms with van der Waals surface area (Å²) in [5.41, 5.74) is 0. The Balaban J connectivity index is 2.25. The second-order valence-electron chi connectivity index (χ2n) is 4.75. The molecule has 0 aliphatic carbocycles. The highest BCUT2D eigenvalue weighted by Crippen LogP contribution is 2.15. The fourth-order valence-electron chi connectivity index (χ4n) is 1.89. The van der Waals surface area contributed by atoms with Crippen molar-refractivity contribution in [3.63, 3.8) is 0 Å². The van der Waals surface area contributed by atoms with Crippen LogP contribution in [0.1, 0.15) is 46.5 Å². The van der Waals surface area contributed by atoms with Gasteiger partial charge in [0.25, 0.3) is 0 Å². The van der Waals surface area contributed by atoms with Crippen LogP contribution in [0.15, 0.2) is 30.3 Å². The smallest absolute Gasteiger partial charge is 0.196 e. The largest absolute Gasteiger partial charge is 0.465 e. The highest BCUT2D eigenvalue weighted by atomic mass is 16.7. The van der Waals surface area contributed by atoms with Crippen molar-refractivity contribution in [1.82, 2.24) is 0 Å². The van der Waals surface area contributed by atoms with Crippen molar-refractivity contribution in [1.29, 1.82) is 0 Å². The first kappa shape index (κ1) is 15.0. The van der Waals surface area contributed by atoms with Gasteiger partial charge in [-0.15, -0.1) is 0 Å². The zero-order chi connectivity index (χ0) is 13.2. The van der Waals surface area contributed by atoms with Crippen LogP contribution in [-0.2, 0) is 4.74 Å². The van der Waals surface area contributed by atoms with E-state index < -0.39 is 0 Å². The normalized spacial score (nSPS) is 14.2. The fraction of sp³-hybridized carbons (Fsp3) is 0.625. The molecule has 0 aliphatic heterocycles. The van der Waals surface area contributed by atoms with E-state index in [-0.39, 0.29) is 6.29 Å². The van der Waals surface area contributed by atoms with Crippen LogP contribution in [0.4, 0.5) is 0 Å². The summed E-state index contributed by atoms with van der Waals surface area (Å²) in [7, 11) is 0. The van der Waals surface area contributed by atoms with E-state index in [4.69, 9.17) is 9.47 Å². The molecular weight excluding hydrogens is 224 g/mol. The van der Waals surface area contributed by atoms with Gasteiger partial charge in [0.2, 0.25) is 0 Å². The first-order valence-corrected chi connectivity index (χ1v) is 7.09. The van der Waals surface area contributed by atoms with Gasteiger partial charge in [-0.05, 0) is 31.4 Å². The molecule has 102 valence electrons. The maximum atomic E-state index is 5.77. The van der Waals surface area contributed by atoms with E-state index in [1.165, 1.54) is 25.7 Å². The molecule has 1 rings (SSSR count). The topological polar surface area (TPSA) is 18.5 Å². The molecule has 2 unspecified atom stereocenters. The van der Waals surface area contributed by atoms with E-state index >= 15 is 0 Å². The van der Waals surface area contributed by atoms with Crippen LogP contribution in [0.5, 0.6) is 5.75 Å². The third-order valence-electron chi connectivity index (χ3n) is 3.16. The van der Waals surface area contributed by atoms with Gasteiger partial charge in [-0.3, -0.25) is 0 Å². The van der Waals surface area contributed by atoms with Gasteiger partial charge in [-0.2, -0.15) is 0 Å². The fourth-order valence-corrected chi connectivity index (χ4v) is 1.89. The lowest BCUT2D eigenvalue weighted by atomic mass is 10.0. The molecule has 0 heterocycles. The number of rotatable bonds is 9.